The zero-order chi connectivity index (χ0) is 15.7. The van der Waals surface area contributed by atoms with E-state index >= 15 is 0 Å². The molecule has 0 aliphatic rings. The van der Waals surface area contributed by atoms with Crippen molar-refractivity contribution in [2.24, 2.45) is 5.73 Å². The smallest absolute Gasteiger partial charge is 0.225 e. The Morgan fingerprint density at radius 2 is 2.10 bits per heavy atom. The van der Waals surface area contributed by atoms with Gasteiger partial charge in [-0.25, -0.2) is 0 Å². The first-order valence-electron chi connectivity index (χ1n) is 7.14. The summed E-state index contributed by atoms with van der Waals surface area (Å²) in [5.41, 5.74) is 7.20. The molecule has 1 aromatic rings. The van der Waals surface area contributed by atoms with E-state index in [1.54, 1.807) is 19.2 Å². The van der Waals surface area contributed by atoms with Crippen LogP contribution in [-0.4, -0.2) is 37.1 Å². The monoisotopic (exact) mass is 289 g/mol. The zero-order valence-corrected chi connectivity index (χ0v) is 12.7. The molecule has 2 N–H and O–H groups in total. The first-order valence-corrected chi connectivity index (χ1v) is 7.14. The molecular formula is C16H23N3O2. The zero-order valence-electron chi connectivity index (χ0n) is 12.7. The number of rotatable bonds is 8. The predicted molar refractivity (Wildman–Crippen MR) is 81.3 cm³/mol. The molecule has 1 unspecified atom stereocenters. The molecule has 0 heterocycles. The molecule has 1 amide bonds. The van der Waals surface area contributed by atoms with Gasteiger partial charge in [-0.3, -0.25) is 4.79 Å². The molecule has 5 nitrogen and oxygen atoms in total. The van der Waals surface area contributed by atoms with Crippen LogP contribution in [0, 0.1) is 11.3 Å². The number of methoxy groups -OCH3 is 1. The number of nitrogens with two attached hydrogens (primary N) is 1. The van der Waals surface area contributed by atoms with Crippen molar-refractivity contribution in [2.75, 3.05) is 20.2 Å². The summed E-state index contributed by atoms with van der Waals surface area (Å²) in [5, 5.41) is 8.80. The van der Waals surface area contributed by atoms with Crippen LogP contribution in [-0.2, 0) is 16.1 Å². The average molecular weight is 289 g/mol. The Morgan fingerprint density at radius 3 is 2.57 bits per heavy atom. The third kappa shape index (κ3) is 5.54. The number of hydrogen-bond acceptors (Lipinski definition) is 4. The van der Waals surface area contributed by atoms with Crippen LogP contribution in [0.4, 0.5) is 0 Å². The maximum Gasteiger partial charge on any atom is 0.225 e. The van der Waals surface area contributed by atoms with E-state index in [1.165, 1.54) is 0 Å². The predicted octanol–water partition coefficient (Wildman–Crippen LogP) is 1.66. The third-order valence-corrected chi connectivity index (χ3v) is 3.30. The number of ether oxygens (including phenoxy) is 1. The average Bonchev–Trinajstić information content (AvgIpc) is 2.52. The highest BCUT2D eigenvalue weighted by Gasteiger charge is 2.18. The fourth-order valence-electron chi connectivity index (χ4n) is 2.05. The molecule has 0 saturated heterocycles. The lowest BCUT2D eigenvalue weighted by atomic mass is 10.1. The molecule has 0 spiro atoms. The van der Waals surface area contributed by atoms with Crippen molar-refractivity contribution in [1.82, 2.24) is 4.90 Å². The molecule has 1 aromatic carbocycles. The first-order chi connectivity index (χ1) is 10.1. The quantitative estimate of drug-likeness (QED) is 0.789. The highest BCUT2D eigenvalue weighted by atomic mass is 16.5. The number of benzene rings is 1. The summed E-state index contributed by atoms with van der Waals surface area (Å²) in [5.74, 6) is 0.0403. The van der Waals surface area contributed by atoms with Crippen LogP contribution in [0.15, 0.2) is 24.3 Å². The molecule has 0 bridgehead atoms. The van der Waals surface area contributed by atoms with Gasteiger partial charge < -0.3 is 15.4 Å². The van der Waals surface area contributed by atoms with Crippen LogP contribution < -0.4 is 5.73 Å². The van der Waals surface area contributed by atoms with Crippen molar-refractivity contribution < 1.29 is 9.53 Å². The maximum absolute atomic E-state index is 12.3. The van der Waals surface area contributed by atoms with Gasteiger partial charge in [-0.1, -0.05) is 19.1 Å². The second kappa shape index (κ2) is 9.11. The van der Waals surface area contributed by atoms with Crippen LogP contribution in [0.25, 0.3) is 0 Å². The van der Waals surface area contributed by atoms with Gasteiger partial charge in [0, 0.05) is 26.7 Å². The second-order valence-corrected chi connectivity index (χ2v) is 4.92. The van der Waals surface area contributed by atoms with Crippen molar-refractivity contribution in [3.8, 4) is 6.07 Å². The molecule has 0 aliphatic carbocycles. The molecule has 0 aromatic heterocycles. The fraction of sp³-hybridized carbons (Fsp3) is 0.500. The number of nitrogens with zero attached hydrogens (tertiary/aromatic N) is 2. The number of carbonyl (C=O) groups is 1. The van der Waals surface area contributed by atoms with Crippen LogP contribution in [0.5, 0.6) is 0 Å². The van der Waals surface area contributed by atoms with Gasteiger partial charge >= 0.3 is 0 Å². The minimum atomic E-state index is -0.238. The van der Waals surface area contributed by atoms with E-state index in [9.17, 15) is 4.79 Å². The number of carbonyl (C=O) groups excluding carboxylic acids is 1. The summed E-state index contributed by atoms with van der Waals surface area (Å²) in [4.78, 5) is 14.1. The Bertz CT molecular complexity index is 475. The van der Waals surface area contributed by atoms with Gasteiger partial charge in [0.05, 0.1) is 24.2 Å². The molecular weight excluding hydrogens is 266 g/mol. The van der Waals surface area contributed by atoms with E-state index < -0.39 is 0 Å². The third-order valence-electron chi connectivity index (χ3n) is 3.30. The standard InChI is InChI=1S/C16H23N3O2/c1-3-8-19(16(20)9-15(11-18)21-2)12-14-6-4-13(10-17)5-7-14/h4-7,15H,3,8-9,11-12,18H2,1-2H3. The number of amides is 1. The Balaban J connectivity index is 2.71. The summed E-state index contributed by atoms with van der Waals surface area (Å²) in [7, 11) is 1.57. The minimum Gasteiger partial charge on any atom is -0.380 e. The topological polar surface area (TPSA) is 79.4 Å². The molecule has 1 atom stereocenters. The Hall–Kier alpha value is -1.90. The molecule has 0 fully saturated rings. The lowest BCUT2D eigenvalue weighted by Crippen LogP contribution is -2.36. The second-order valence-electron chi connectivity index (χ2n) is 4.92. The van der Waals surface area contributed by atoms with Crippen molar-refractivity contribution in [2.45, 2.75) is 32.4 Å². The number of nitriles is 1. The van der Waals surface area contributed by atoms with Gasteiger partial charge in [0.15, 0.2) is 0 Å². The molecule has 1 rings (SSSR count). The van der Waals surface area contributed by atoms with Gasteiger partial charge in [-0.2, -0.15) is 5.26 Å². The Labute approximate surface area is 126 Å². The lowest BCUT2D eigenvalue weighted by molar-refractivity contribution is -0.134. The van der Waals surface area contributed by atoms with E-state index in [2.05, 4.69) is 6.07 Å². The highest BCUT2D eigenvalue weighted by molar-refractivity contribution is 5.76. The highest BCUT2D eigenvalue weighted by Crippen LogP contribution is 2.10. The normalized spacial score (nSPS) is 11.7. The fourth-order valence-corrected chi connectivity index (χ4v) is 2.05. The molecule has 0 aliphatic heterocycles. The Morgan fingerprint density at radius 1 is 1.43 bits per heavy atom. The molecule has 0 saturated carbocycles. The van der Waals surface area contributed by atoms with E-state index in [1.807, 2.05) is 24.0 Å². The van der Waals surface area contributed by atoms with Gasteiger partial charge in [-0.05, 0) is 24.1 Å². The molecule has 21 heavy (non-hydrogen) atoms. The van der Waals surface area contributed by atoms with Crippen LogP contribution >= 0.6 is 0 Å². The van der Waals surface area contributed by atoms with Crippen LogP contribution in [0.1, 0.15) is 30.9 Å². The van der Waals surface area contributed by atoms with Gasteiger partial charge in [0.2, 0.25) is 5.91 Å². The largest absolute Gasteiger partial charge is 0.380 e. The summed E-state index contributed by atoms with van der Waals surface area (Å²) in [6, 6.07) is 9.38. The van der Waals surface area contributed by atoms with Crippen LogP contribution in [0.2, 0.25) is 0 Å². The molecule has 5 heteroatoms. The first kappa shape index (κ1) is 17.2. The van der Waals surface area contributed by atoms with Gasteiger partial charge in [-0.15, -0.1) is 0 Å². The van der Waals surface area contributed by atoms with E-state index in [-0.39, 0.29) is 12.0 Å². The van der Waals surface area contributed by atoms with Gasteiger partial charge in [0.1, 0.15) is 0 Å². The van der Waals surface area contributed by atoms with Crippen molar-refractivity contribution >= 4 is 5.91 Å². The van der Waals surface area contributed by atoms with E-state index in [0.717, 1.165) is 12.0 Å². The summed E-state index contributed by atoms with van der Waals surface area (Å²) in [6.45, 7) is 3.61. The Kier molecular flexibility index (Phi) is 7.44. The van der Waals surface area contributed by atoms with Crippen LogP contribution in [0.3, 0.4) is 0 Å². The van der Waals surface area contributed by atoms with E-state index in [0.29, 0.717) is 31.6 Å². The summed E-state index contributed by atoms with van der Waals surface area (Å²) >= 11 is 0. The lowest BCUT2D eigenvalue weighted by Gasteiger charge is -2.24. The van der Waals surface area contributed by atoms with Gasteiger partial charge in [0.25, 0.3) is 0 Å². The summed E-state index contributed by atoms with van der Waals surface area (Å²) in [6.07, 6.45) is 0.948. The molecule has 114 valence electrons. The SMILES string of the molecule is CCCN(Cc1ccc(C#N)cc1)C(=O)CC(CN)OC. The maximum atomic E-state index is 12.3. The summed E-state index contributed by atoms with van der Waals surface area (Å²) < 4.78 is 5.17. The van der Waals surface area contributed by atoms with Crippen molar-refractivity contribution in [1.29, 1.82) is 5.26 Å². The number of hydrogen-bond donors (Lipinski definition) is 1. The van der Waals surface area contributed by atoms with Crippen molar-refractivity contribution in [3.05, 3.63) is 35.4 Å². The minimum absolute atomic E-state index is 0.0403. The molecule has 0 radical (unpaired) electrons. The van der Waals surface area contributed by atoms with E-state index in [4.69, 9.17) is 15.7 Å². The van der Waals surface area contributed by atoms with Crippen molar-refractivity contribution in [3.63, 3.8) is 0 Å².